The van der Waals surface area contributed by atoms with Crippen molar-refractivity contribution in [3.05, 3.63) is 22.7 Å². The van der Waals surface area contributed by atoms with E-state index in [1.54, 1.807) is 6.92 Å². The minimum Gasteiger partial charge on any atom is -0.508 e. The molecule has 0 spiro atoms. The summed E-state index contributed by atoms with van der Waals surface area (Å²) in [5.74, 6) is -1.23. The molecule has 0 unspecified atom stereocenters. The number of aliphatic hydroxyl groups is 1. The molecule has 18 heavy (non-hydrogen) atoms. The molecule has 6 nitrogen and oxygen atoms in total. The fraction of sp³-hybridized carbons (Fsp3) is 0.500. The van der Waals surface area contributed by atoms with Gasteiger partial charge in [0.2, 0.25) is 0 Å². The number of hydrogen-bond acceptors (Lipinski definition) is 6. The fourth-order valence-electron chi connectivity index (χ4n) is 2.42. The molecule has 0 saturated heterocycles. The summed E-state index contributed by atoms with van der Waals surface area (Å²) in [6, 6.07) is 0. The van der Waals surface area contributed by atoms with E-state index in [4.69, 9.17) is 4.74 Å². The van der Waals surface area contributed by atoms with Gasteiger partial charge in [-0.15, -0.1) is 0 Å². The van der Waals surface area contributed by atoms with Crippen LogP contribution in [0.2, 0.25) is 0 Å². The van der Waals surface area contributed by atoms with Crippen LogP contribution in [0.3, 0.4) is 0 Å². The summed E-state index contributed by atoms with van der Waals surface area (Å²) in [5.41, 5.74) is 0.523. The lowest BCUT2D eigenvalue weighted by Gasteiger charge is -2.11. The van der Waals surface area contributed by atoms with E-state index in [2.05, 4.69) is 9.47 Å². The maximum Gasteiger partial charge on any atom is 0.337 e. The third-order valence-electron chi connectivity index (χ3n) is 3.26. The van der Waals surface area contributed by atoms with Gasteiger partial charge >= 0.3 is 11.9 Å². The van der Waals surface area contributed by atoms with Gasteiger partial charge in [0, 0.05) is 5.92 Å². The molecule has 0 aromatic heterocycles. The number of ether oxygens (including phenoxy) is 3. The van der Waals surface area contributed by atoms with Crippen LogP contribution in [0.5, 0.6) is 0 Å². The predicted molar refractivity (Wildman–Crippen MR) is 59.4 cm³/mol. The first kappa shape index (κ1) is 12.5. The molecule has 1 aliphatic heterocycles. The zero-order valence-corrected chi connectivity index (χ0v) is 10.4. The Labute approximate surface area is 104 Å². The van der Waals surface area contributed by atoms with E-state index >= 15 is 0 Å². The molecule has 1 N–H and O–H groups in total. The first-order chi connectivity index (χ1) is 8.51. The smallest absolute Gasteiger partial charge is 0.337 e. The molecule has 98 valence electrons. The first-order valence-corrected chi connectivity index (χ1v) is 5.47. The summed E-state index contributed by atoms with van der Waals surface area (Å²) < 4.78 is 14.7. The van der Waals surface area contributed by atoms with Crippen LogP contribution in [0.25, 0.3) is 0 Å². The van der Waals surface area contributed by atoms with Crippen molar-refractivity contribution < 1.29 is 28.9 Å². The zero-order chi connectivity index (χ0) is 13.4. The number of carbonyl (C=O) groups excluding carboxylic acids is 2. The van der Waals surface area contributed by atoms with E-state index < -0.39 is 18.0 Å². The minimum absolute atomic E-state index is 0.154. The number of hydrogen-bond donors (Lipinski definition) is 1. The molecular weight excluding hydrogens is 240 g/mol. The number of rotatable bonds is 2. The van der Waals surface area contributed by atoms with Gasteiger partial charge in [0.1, 0.15) is 11.5 Å². The first-order valence-electron chi connectivity index (χ1n) is 5.47. The van der Waals surface area contributed by atoms with Crippen LogP contribution in [0.15, 0.2) is 22.7 Å². The predicted octanol–water partition coefficient (Wildman–Crippen LogP) is 0.837. The average Bonchev–Trinajstić information content (AvgIpc) is 2.84. The van der Waals surface area contributed by atoms with Crippen molar-refractivity contribution in [2.24, 2.45) is 5.92 Å². The summed E-state index contributed by atoms with van der Waals surface area (Å²) in [4.78, 5) is 23.1. The lowest BCUT2D eigenvalue weighted by Crippen LogP contribution is -2.19. The number of fused-ring (bicyclic) bond motifs is 1. The zero-order valence-electron chi connectivity index (χ0n) is 10.4. The lowest BCUT2D eigenvalue weighted by molar-refractivity contribution is -0.138. The second kappa shape index (κ2) is 4.36. The van der Waals surface area contributed by atoms with Gasteiger partial charge < -0.3 is 19.3 Å². The highest BCUT2D eigenvalue weighted by molar-refractivity contribution is 5.94. The molecule has 0 radical (unpaired) electrons. The Morgan fingerprint density at radius 1 is 1.28 bits per heavy atom. The van der Waals surface area contributed by atoms with Gasteiger partial charge in [0.25, 0.3) is 0 Å². The molecule has 0 fully saturated rings. The number of allylic oxidation sites excluding steroid dienone is 1. The van der Waals surface area contributed by atoms with Crippen molar-refractivity contribution in [3.63, 3.8) is 0 Å². The molecule has 1 heterocycles. The molecule has 0 aromatic rings. The van der Waals surface area contributed by atoms with Gasteiger partial charge in [0.15, 0.2) is 6.10 Å². The van der Waals surface area contributed by atoms with Crippen molar-refractivity contribution in [1.82, 2.24) is 0 Å². The molecule has 2 aliphatic rings. The van der Waals surface area contributed by atoms with Gasteiger partial charge in [-0.25, -0.2) is 9.59 Å². The van der Waals surface area contributed by atoms with Crippen molar-refractivity contribution in [2.45, 2.75) is 19.4 Å². The highest BCUT2D eigenvalue weighted by Crippen LogP contribution is 2.44. The van der Waals surface area contributed by atoms with Crippen LogP contribution in [-0.2, 0) is 23.8 Å². The van der Waals surface area contributed by atoms with Crippen molar-refractivity contribution in [2.75, 3.05) is 14.2 Å². The Morgan fingerprint density at radius 2 is 1.89 bits per heavy atom. The molecule has 1 aliphatic carbocycles. The lowest BCUT2D eigenvalue weighted by atomic mass is 9.95. The third kappa shape index (κ3) is 1.64. The topological polar surface area (TPSA) is 82.1 Å². The maximum atomic E-state index is 11.6. The van der Waals surface area contributed by atoms with Crippen LogP contribution in [-0.4, -0.2) is 37.4 Å². The average molecular weight is 254 g/mol. The van der Waals surface area contributed by atoms with Crippen molar-refractivity contribution >= 4 is 11.9 Å². The molecule has 2 rings (SSSR count). The second-order valence-electron chi connectivity index (χ2n) is 4.17. The third-order valence-corrected chi connectivity index (χ3v) is 3.26. The summed E-state index contributed by atoms with van der Waals surface area (Å²) in [5, 5.41) is 9.93. The molecule has 6 heteroatoms. The van der Waals surface area contributed by atoms with Crippen LogP contribution < -0.4 is 0 Å². The Bertz CT molecular complexity index is 473. The number of methoxy groups -OCH3 is 2. The van der Waals surface area contributed by atoms with Crippen LogP contribution in [0, 0.1) is 5.92 Å². The monoisotopic (exact) mass is 254 g/mol. The number of carbonyl (C=O) groups is 2. The summed E-state index contributed by atoms with van der Waals surface area (Å²) in [6.07, 6.45) is -0.474. The quantitative estimate of drug-likeness (QED) is 0.735. The standard InChI is InChI=1S/C12H14O6/c1-5-8(12(15)17-3)6-4-7(11(14)16-2)9(13)10(6)18-5/h6,10,13H,4H2,1-3H3/t6-,10+/m0/s1. The van der Waals surface area contributed by atoms with Gasteiger partial charge in [-0.3, -0.25) is 0 Å². The molecular formula is C12H14O6. The summed E-state index contributed by atoms with van der Waals surface area (Å²) >= 11 is 0. The van der Waals surface area contributed by atoms with Gasteiger partial charge in [0.05, 0.1) is 25.4 Å². The van der Waals surface area contributed by atoms with E-state index in [0.717, 1.165) is 0 Å². The molecule has 0 saturated carbocycles. The van der Waals surface area contributed by atoms with E-state index in [0.29, 0.717) is 11.3 Å². The van der Waals surface area contributed by atoms with Crippen molar-refractivity contribution in [1.29, 1.82) is 0 Å². The Morgan fingerprint density at radius 3 is 2.44 bits per heavy atom. The molecule has 0 bridgehead atoms. The van der Waals surface area contributed by atoms with Gasteiger partial charge in [-0.1, -0.05) is 0 Å². The van der Waals surface area contributed by atoms with Crippen LogP contribution in [0.1, 0.15) is 13.3 Å². The van der Waals surface area contributed by atoms with E-state index in [9.17, 15) is 14.7 Å². The Balaban J connectivity index is 2.29. The van der Waals surface area contributed by atoms with Gasteiger partial charge in [-0.2, -0.15) is 0 Å². The summed E-state index contributed by atoms with van der Waals surface area (Å²) in [6.45, 7) is 1.63. The Hall–Kier alpha value is -1.98. The van der Waals surface area contributed by atoms with Crippen LogP contribution in [0.4, 0.5) is 0 Å². The van der Waals surface area contributed by atoms with E-state index in [-0.39, 0.29) is 23.7 Å². The summed E-state index contributed by atoms with van der Waals surface area (Å²) in [7, 11) is 2.51. The maximum absolute atomic E-state index is 11.6. The largest absolute Gasteiger partial charge is 0.508 e. The highest BCUT2D eigenvalue weighted by Gasteiger charge is 2.48. The van der Waals surface area contributed by atoms with E-state index in [1.165, 1.54) is 14.2 Å². The second-order valence-corrected chi connectivity index (χ2v) is 4.17. The minimum atomic E-state index is -0.687. The van der Waals surface area contributed by atoms with Crippen molar-refractivity contribution in [3.8, 4) is 0 Å². The normalized spacial score (nSPS) is 25.9. The fourth-order valence-corrected chi connectivity index (χ4v) is 2.42. The van der Waals surface area contributed by atoms with E-state index in [1.807, 2.05) is 0 Å². The number of aliphatic hydroxyl groups excluding tert-OH is 1. The van der Waals surface area contributed by atoms with Crippen LogP contribution >= 0.6 is 0 Å². The molecule has 2 atom stereocenters. The molecule has 0 amide bonds. The van der Waals surface area contributed by atoms with Gasteiger partial charge in [-0.05, 0) is 13.3 Å². The Kier molecular flexibility index (Phi) is 3.02. The molecule has 0 aromatic carbocycles. The number of esters is 2. The SMILES string of the molecule is COC(=O)C1=C(O)[C@@H]2OC(C)=C(C(=O)OC)[C@@H]2C1. The highest BCUT2D eigenvalue weighted by atomic mass is 16.5.